The minimum absolute atomic E-state index is 0.521. The summed E-state index contributed by atoms with van der Waals surface area (Å²) in [5.74, 6) is 0. The molecule has 0 saturated carbocycles. The minimum Gasteiger partial charge on any atom is -0.346 e. The molecule has 1 aromatic carbocycles. The molecule has 0 aliphatic rings. The second-order valence-electron chi connectivity index (χ2n) is 5.33. The molecular weight excluding hydrogens is 232 g/mol. The summed E-state index contributed by atoms with van der Waals surface area (Å²) in [5.41, 5.74) is 4.10. The highest BCUT2D eigenvalue weighted by Crippen LogP contribution is 2.10. The van der Waals surface area contributed by atoms with Gasteiger partial charge in [0.05, 0.1) is 0 Å². The predicted molar refractivity (Wildman–Crippen MR) is 81.3 cm³/mol. The predicted octanol–water partition coefficient (Wildman–Crippen LogP) is 3.60. The Labute approximate surface area is 116 Å². The van der Waals surface area contributed by atoms with Crippen LogP contribution in [0.5, 0.6) is 0 Å². The number of nitrogens with zero attached hydrogens (tertiary/aromatic N) is 1. The first-order valence-corrected chi connectivity index (χ1v) is 7.14. The van der Waals surface area contributed by atoms with Crippen LogP contribution in [0.1, 0.15) is 37.6 Å². The third-order valence-electron chi connectivity index (χ3n) is 3.40. The number of aryl methyl sites for hydroxylation is 1. The Bertz CT molecular complexity index is 494. The monoisotopic (exact) mass is 256 g/mol. The smallest absolute Gasteiger partial charge is 0.0473 e. The van der Waals surface area contributed by atoms with Gasteiger partial charge in [-0.05, 0) is 29.7 Å². The summed E-state index contributed by atoms with van der Waals surface area (Å²) in [6, 6.07) is 13.8. The molecule has 0 radical (unpaired) electrons. The molecule has 0 unspecified atom stereocenters. The van der Waals surface area contributed by atoms with Gasteiger partial charge >= 0.3 is 0 Å². The molecule has 2 nitrogen and oxygen atoms in total. The fourth-order valence-electron chi connectivity index (χ4n) is 2.15. The maximum atomic E-state index is 3.47. The van der Waals surface area contributed by atoms with Crippen LogP contribution in [0.15, 0.2) is 42.6 Å². The van der Waals surface area contributed by atoms with Crippen molar-refractivity contribution in [1.82, 2.24) is 9.88 Å². The molecule has 2 rings (SSSR count). The van der Waals surface area contributed by atoms with Gasteiger partial charge in [0.1, 0.15) is 0 Å². The average Bonchev–Trinajstić information content (AvgIpc) is 2.84. The first-order valence-electron chi connectivity index (χ1n) is 7.14. The lowest BCUT2D eigenvalue weighted by molar-refractivity contribution is 0.564. The fourth-order valence-corrected chi connectivity index (χ4v) is 2.15. The van der Waals surface area contributed by atoms with E-state index in [9.17, 15) is 0 Å². The molecule has 0 aliphatic heterocycles. The standard InChI is InChI=1S/C17H24N2/c1-4-15-7-9-16(10-8-15)13-19-11-5-6-17(19)12-18-14(2)3/h5-11,14,18H,4,12-13H2,1-3H3. The van der Waals surface area contributed by atoms with Crippen molar-refractivity contribution in [2.75, 3.05) is 0 Å². The molecule has 1 aromatic heterocycles. The van der Waals surface area contributed by atoms with Crippen molar-refractivity contribution in [3.63, 3.8) is 0 Å². The van der Waals surface area contributed by atoms with Crippen molar-refractivity contribution < 1.29 is 0 Å². The zero-order valence-electron chi connectivity index (χ0n) is 12.2. The van der Waals surface area contributed by atoms with E-state index in [0.29, 0.717) is 6.04 Å². The van der Waals surface area contributed by atoms with E-state index in [4.69, 9.17) is 0 Å². The number of hydrogen-bond acceptors (Lipinski definition) is 1. The van der Waals surface area contributed by atoms with E-state index in [0.717, 1.165) is 19.5 Å². The van der Waals surface area contributed by atoms with Gasteiger partial charge in [0.2, 0.25) is 0 Å². The second-order valence-corrected chi connectivity index (χ2v) is 5.33. The maximum absolute atomic E-state index is 3.47. The molecule has 1 heterocycles. The summed E-state index contributed by atoms with van der Waals surface area (Å²) in [5, 5.41) is 3.47. The van der Waals surface area contributed by atoms with Gasteiger partial charge < -0.3 is 9.88 Å². The lowest BCUT2D eigenvalue weighted by Gasteiger charge is -2.12. The highest BCUT2D eigenvalue weighted by Gasteiger charge is 2.02. The van der Waals surface area contributed by atoms with Crippen molar-refractivity contribution in [3.8, 4) is 0 Å². The average molecular weight is 256 g/mol. The number of hydrogen-bond donors (Lipinski definition) is 1. The topological polar surface area (TPSA) is 17.0 Å². The van der Waals surface area contributed by atoms with E-state index in [1.165, 1.54) is 16.8 Å². The Balaban J connectivity index is 2.03. The summed E-state index contributed by atoms with van der Waals surface area (Å²) in [6.07, 6.45) is 3.26. The molecule has 0 fully saturated rings. The Morgan fingerprint density at radius 3 is 2.37 bits per heavy atom. The quantitative estimate of drug-likeness (QED) is 0.835. The van der Waals surface area contributed by atoms with Crippen molar-refractivity contribution in [2.45, 2.75) is 46.3 Å². The lowest BCUT2D eigenvalue weighted by atomic mass is 10.1. The third-order valence-corrected chi connectivity index (χ3v) is 3.40. The minimum atomic E-state index is 0.521. The molecular formula is C17H24N2. The van der Waals surface area contributed by atoms with Gasteiger partial charge in [-0.2, -0.15) is 0 Å². The fraction of sp³-hybridized carbons (Fsp3) is 0.412. The van der Waals surface area contributed by atoms with Crippen molar-refractivity contribution in [1.29, 1.82) is 0 Å². The number of benzene rings is 1. The SMILES string of the molecule is CCc1ccc(Cn2cccc2CNC(C)C)cc1. The molecule has 2 heteroatoms. The molecule has 19 heavy (non-hydrogen) atoms. The van der Waals surface area contributed by atoms with E-state index < -0.39 is 0 Å². The van der Waals surface area contributed by atoms with Crippen LogP contribution in [0.4, 0.5) is 0 Å². The Kier molecular flexibility index (Phi) is 4.80. The van der Waals surface area contributed by atoms with Crippen LogP contribution in [-0.2, 0) is 19.5 Å². The summed E-state index contributed by atoms with van der Waals surface area (Å²) in [4.78, 5) is 0. The Morgan fingerprint density at radius 2 is 1.74 bits per heavy atom. The van der Waals surface area contributed by atoms with Gasteiger partial charge in [-0.1, -0.05) is 45.0 Å². The Hall–Kier alpha value is -1.54. The van der Waals surface area contributed by atoms with Crippen molar-refractivity contribution in [2.24, 2.45) is 0 Å². The maximum Gasteiger partial charge on any atom is 0.0473 e. The van der Waals surface area contributed by atoms with Gasteiger partial charge in [-0.15, -0.1) is 0 Å². The summed E-state index contributed by atoms with van der Waals surface area (Å²) in [6.45, 7) is 8.42. The number of rotatable bonds is 6. The summed E-state index contributed by atoms with van der Waals surface area (Å²) < 4.78 is 2.32. The highest BCUT2D eigenvalue weighted by atomic mass is 15.0. The summed E-state index contributed by atoms with van der Waals surface area (Å²) >= 11 is 0. The van der Waals surface area contributed by atoms with Crippen LogP contribution in [0.25, 0.3) is 0 Å². The molecule has 0 aliphatic carbocycles. The van der Waals surface area contributed by atoms with Crippen molar-refractivity contribution >= 4 is 0 Å². The molecule has 2 aromatic rings. The molecule has 0 saturated heterocycles. The van der Waals surface area contributed by atoms with Crippen molar-refractivity contribution in [3.05, 3.63) is 59.4 Å². The highest BCUT2D eigenvalue weighted by molar-refractivity contribution is 5.23. The molecule has 0 atom stereocenters. The van der Waals surface area contributed by atoms with E-state index in [2.05, 4.69) is 73.3 Å². The summed E-state index contributed by atoms with van der Waals surface area (Å²) in [7, 11) is 0. The van der Waals surface area contributed by atoms with Gasteiger partial charge in [-0.25, -0.2) is 0 Å². The van der Waals surface area contributed by atoms with E-state index >= 15 is 0 Å². The van der Waals surface area contributed by atoms with E-state index in [1.807, 2.05) is 0 Å². The van der Waals surface area contributed by atoms with Gasteiger partial charge in [-0.3, -0.25) is 0 Å². The number of nitrogens with one attached hydrogen (secondary N) is 1. The van der Waals surface area contributed by atoms with Gasteiger partial charge in [0.25, 0.3) is 0 Å². The van der Waals surface area contributed by atoms with Crippen LogP contribution >= 0.6 is 0 Å². The van der Waals surface area contributed by atoms with Crippen LogP contribution in [0.3, 0.4) is 0 Å². The lowest BCUT2D eigenvalue weighted by Crippen LogP contribution is -2.23. The first kappa shape index (κ1) is 13.9. The first-order chi connectivity index (χ1) is 9.19. The van der Waals surface area contributed by atoms with Crippen LogP contribution in [0.2, 0.25) is 0 Å². The zero-order valence-corrected chi connectivity index (χ0v) is 12.2. The Morgan fingerprint density at radius 1 is 1.05 bits per heavy atom. The third kappa shape index (κ3) is 3.97. The van der Waals surface area contributed by atoms with Gasteiger partial charge in [0, 0.05) is 31.0 Å². The zero-order chi connectivity index (χ0) is 13.7. The van der Waals surface area contributed by atoms with Crippen LogP contribution < -0.4 is 5.32 Å². The van der Waals surface area contributed by atoms with Crippen LogP contribution in [0, 0.1) is 0 Å². The van der Waals surface area contributed by atoms with E-state index in [-0.39, 0.29) is 0 Å². The molecule has 0 amide bonds. The molecule has 1 N–H and O–H groups in total. The van der Waals surface area contributed by atoms with E-state index in [1.54, 1.807) is 0 Å². The molecule has 0 bridgehead atoms. The normalized spacial score (nSPS) is 11.2. The largest absolute Gasteiger partial charge is 0.346 e. The second kappa shape index (κ2) is 6.58. The van der Waals surface area contributed by atoms with Gasteiger partial charge in [0.15, 0.2) is 0 Å². The van der Waals surface area contributed by atoms with Crippen LogP contribution in [-0.4, -0.2) is 10.6 Å². The molecule has 0 spiro atoms. The molecule has 102 valence electrons. The number of aromatic nitrogens is 1.